The average molecular weight is 325 g/mol. The summed E-state index contributed by atoms with van der Waals surface area (Å²) < 4.78 is 8.35. The van der Waals surface area contributed by atoms with E-state index in [2.05, 4.69) is 19.9 Å². The summed E-state index contributed by atoms with van der Waals surface area (Å²) in [7, 11) is 0. The van der Waals surface area contributed by atoms with Gasteiger partial charge in [0.05, 0.1) is 18.3 Å². The summed E-state index contributed by atoms with van der Waals surface area (Å²) >= 11 is 5.65. The molecular formula is C18H19N3OS. The van der Waals surface area contributed by atoms with Crippen LogP contribution >= 0.6 is 12.2 Å². The summed E-state index contributed by atoms with van der Waals surface area (Å²) in [6, 6.07) is 11.9. The number of nitrogens with zero attached hydrogens (tertiary/aromatic N) is 2. The number of para-hydroxylation sites is 1. The lowest BCUT2D eigenvalue weighted by atomic mass is 9.91. The minimum atomic E-state index is 0.0935. The largest absolute Gasteiger partial charge is 0.384 e. The van der Waals surface area contributed by atoms with Crippen LogP contribution < -0.4 is 5.73 Å². The van der Waals surface area contributed by atoms with Crippen LogP contribution in [0.15, 0.2) is 30.3 Å². The van der Waals surface area contributed by atoms with Crippen molar-refractivity contribution in [2.24, 2.45) is 5.92 Å². The number of fused-ring (bicyclic) bond motifs is 1. The molecular weight excluding hydrogens is 306 g/mol. The number of pyridine rings is 1. The first-order valence-electron chi connectivity index (χ1n) is 7.68. The van der Waals surface area contributed by atoms with Gasteiger partial charge >= 0.3 is 0 Å². The second kappa shape index (κ2) is 6.15. The Kier molecular flexibility index (Phi) is 4.20. The molecule has 0 saturated heterocycles. The number of nitrogen functional groups attached to an aromatic ring is 1. The smallest absolute Gasteiger partial charge is 0.127 e. The van der Waals surface area contributed by atoms with Crippen LogP contribution in [0.3, 0.4) is 0 Å². The van der Waals surface area contributed by atoms with E-state index in [4.69, 9.17) is 22.7 Å². The summed E-state index contributed by atoms with van der Waals surface area (Å²) in [6.45, 7) is 4.67. The van der Waals surface area contributed by atoms with E-state index in [1.54, 1.807) is 4.57 Å². The van der Waals surface area contributed by atoms with Gasteiger partial charge in [-0.15, -0.1) is 0 Å². The van der Waals surface area contributed by atoms with Gasteiger partial charge in [-0.3, -0.25) is 4.57 Å². The number of anilines is 1. The lowest BCUT2D eigenvalue weighted by molar-refractivity contribution is -0.000853. The van der Waals surface area contributed by atoms with Gasteiger partial charge in [0.25, 0.3) is 0 Å². The molecule has 1 aromatic carbocycles. The minimum Gasteiger partial charge on any atom is -0.384 e. The van der Waals surface area contributed by atoms with E-state index in [9.17, 15) is 5.26 Å². The van der Waals surface area contributed by atoms with Crippen LogP contribution in [0, 0.1) is 21.9 Å². The molecule has 2 heterocycles. The van der Waals surface area contributed by atoms with Crippen molar-refractivity contribution in [1.82, 2.24) is 4.57 Å². The highest BCUT2D eigenvalue weighted by molar-refractivity contribution is 7.71. The van der Waals surface area contributed by atoms with Gasteiger partial charge in [0.1, 0.15) is 16.5 Å². The van der Waals surface area contributed by atoms with Crippen LogP contribution in [-0.4, -0.2) is 10.7 Å². The number of nitriles is 1. The van der Waals surface area contributed by atoms with Gasteiger partial charge in [0, 0.05) is 17.7 Å². The normalized spacial score (nSPS) is 16.9. The molecule has 1 atom stereocenters. The molecule has 118 valence electrons. The van der Waals surface area contributed by atoms with Gasteiger partial charge in [0.15, 0.2) is 0 Å². The summed E-state index contributed by atoms with van der Waals surface area (Å²) in [6.07, 6.45) is 0.773. The summed E-state index contributed by atoms with van der Waals surface area (Å²) in [5.74, 6) is 0.790. The molecule has 5 heteroatoms. The number of hydrogen-bond acceptors (Lipinski definition) is 4. The number of hydrogen-bond donors (Lipinski definition) is 1. The Morgan fingerprint density at radius 2 is 2.00 bits per heavy atom. The quantitative estimate of drug-likeness (QED) is 0.854. The van der Waals surface area contributed by atoms with E-state index < -0.39 is 0 Å². The molecule has 0 saturated carbocycles. The Morgan fingerprint density at radius 1 is 1.30 bits per heavy atom. The maximum atomic E-state index is 9.64. The molecule has 4 nitrogen and oxygen atoms in total. The highest BCUT2D eigenvalue weighted by atomic mass is 32.1. The van der Waals surface area contributed by atoms with Crippen LogP contribution in [0.25, 0.3) is 5.69 Å². The van der Waals surface area contributed by atoms with Gasteiger partial charge in [-0.2, -0.15) is 5.26 Å². The molecule has 1 aliphatic rings. The van der Waals surface area contributed by atoms with Crippen molar-refractivity contribution in [2.75, 3.05) is 5.73 Å². The number of benzene rings is 1. The third-order valence-electron chi connectivity index (χ3n) is 4.34. The second-order valence-electron chi connectivity index (χ2n) is 6.10. The fourth-order valence-corrected chi connectivity index (χ4v) is 3.39. The second-order valence-corrected chi connectivity index (χ2v) is 6.49. The topological polar surface area (TPSA) is 64.0 Å². The Hall–Kier alpha value is -2.16. The van der Waals surface area contributed by atoms with E-state index in [1.807, 2.05) is 30.3 Å². The molecule has 1 aliphatic heterocycles. The van der Waals surface area contributed by atoms with Gasteiger partial charge < -0.3 is 10.5 Å². The van der Waals surface area contributed by atoms with Gasteiger partial charge in [-0.1, -0.05) is 44.3 Å². The monoisotopic (exact) mass is 325 g/mol. The van der Waals surface area contributed by atoms with Crippen molar-refractivity contribution in [3.05, 3.63) is 51.7 Å². The molecule has 0 radical (unpaired) electrons. The third-order valence-corrected chi connectivity index (χ3v) is 4.77. The first-order chi connectivity index (χ1) is 11.0. The van der Waals surface area contributed by atoms with Crippen molar-refractivity contribution < 1.29 is 4.74 Å². The van der Waals surface area contributed by atoms with E-state index in [1.165, 1.54) is 0 Å². The lowest BCUT2D eigenvalue weighted by Gasteiger charge is -2.30. The minimum absolute atomic E-state index is 0.0935. The van der Waals surface area contributed by atoms with E-state index in [0.717, 1.165) is 16.8 Å². The molecule has 2 aromatic rings. The first-order valence-corrected chi connectivity index (χ1v) is 8.08. The van der Waals surface area contributed by atoms with Crippen molar-refractivity contribution in [3.8, 4) is 11.8 Å². The fraction of sp³-hybridized carbons (Fsp3) is 0.333. The zero-order valence-corrected chi connectivity index (χ0v) is 14.1. The van der Waals surface area contributed by atoms with E-state index >= 15 is 0 Å². The van der Waals surface area contributed by atoms with Crippen molar-refractivity contribution >= 4 is 18.0 Å². The molecule has 0 aliphatic carbocycles. The molecule has 1 aromatic heterocycles. The highest BCUT2D eigenvalue weighted by Crippen LogP contribution is 2.32. The molecule has 0 bridgehead atoms. The molecule has 0 fully saturated rings. The van der Waals surface area contributed by atoms with Crippen LogP contribution in [0.2, 0.25) is 0 Å². The van der Waals surface area contributed by atoms with Crippen molar-refractivity contribution in [3.63, 3.8) is 0 Å². The Labute approximate surface area is 141 Å². The van der Waals surface area contributed by atoms with Gasteiger partial charge in [-0.25, -0.2) is 0 Å². The number of nitrogens with two attached hydrogens (primary N) is 1. The fourth-order valence-electron chi connectivity index (χ4n) is 3.00. The predicted molar refractivity (Wildman–Crippen MR) is 92.8 cm³/mol. The van der Waals surface area contributed by atoms with Crippen LogP contribution in [-0.2, 0) is 17.8 Å². The average Bonchev–Trinajstić information content (AvgIpc) is 2.56. The molecule has 2 N–H and O–H groups in total. The molecule has 0 spiro atoms. The molecule has 3 rings (SSSR count). The Bertz CT molecular complexity index is 834. The van der Waals surface area contributed by atoms with Crippen molar-refractivity contribution in [1.29, 1.82) is 5.26 Å². The molecule has 0 unspecified atom stereocenters. The number of aromatic nitrogens is 1. The predicted octanol–water partition coefficient (Wildman–Crippen LogP) is 3.76. The van der Waals surface area contributed by atoms with E-state index in [-0.39, 0.29) is 6.10 Å². The standard InChI is InChI=1S/C18H19N3OS/c1-11(2)16-8-13-14(9-19)17(20)21(12-6-4-3-5-7-12)18(23)15(13)10-22-16/h3-7,11,16H,8,10,20H2,1-2H3/t16-/m0/s1. The summed E-state index contributed by atoms with van der Waals surface area (Å²) in [5.41, 5.74) is 9.55. The highest BCUT2D eigenvalue weighted by Gasteiger charge is 2.28. The number of ether oxygens (including phenoxy) is 1. The zero-order chi connectivity index (χ0) is 16.6. The van der Waals surface area contributed by atoms with Crippen molar-refractivity contribution in [2.45, 2.75) is 33.0 Å². The SMILES string of the molecule is CC(C)[C@@H]1Cc2c(C#N)c(N)n(-c3ccccc3)c(=S)c2CO1. The van der Waals surface area contributed by atoms with Gasteiger partial charge in [0.2, 0.25) is 0 Å². The summed E-state index contributed by atoms with van der Waals surface area (Å²) in [5, 5.41) is 9.64. The maximum Gasteiger partial charge on any atom is 0.127 e. The first kappa shape index (κ1) is 15.7. The lowest BCUT2D eigenvalue weighted by Crippen LogP contribution is -2.29. The van der Waals surface area contributed by atoms with Crippen LogP contribution in [0.5, 0.6) is 0 Å². The molecule has 23 heavy (non-hydrogen) atoms. The van der Waals surface area contributed by atoms with Gasteiger partial charge in [-0.05, 0) is 23.6 Å². The zero-order valence-electron chi connectivity index (χ0n) is 13.2. The Balaban J connectivity index is 2.25. The summed E-state index contributed by atoms with van der Waals surface area (Å²) in [4.78, 5) is 0. The Morgan fingerprint density at radius 3 is 2.61 bits per heavy atom. The molecule has 0 amide bonds. The third kappa shape index (κ3) is 2.65. The number of rotatable bonds is 2. The van der Waals surface area contributed by atoms with E-state index in [0.29, 0.717) is 35.0 Å². The van der Waals surface area contributed by atoms with Crippen LogP contribution in [0.4, 0.5) is 5.82 Å². The maximum absolute atomic E-state index is 9.64. The van der Waals surface area contributed by atoms with Crippen LogP contribution in [0.1, 0.15) is 30.5 Å².